The van der Waals surface area contributed by atoms with E-state index in [9.17, 15) is 0 Å². The third-order valence-corrected chi connectivity index (χ3v) is 2.23. The molecule has 0 aliphatic heterocycles. The topological polar surface area (TPSA) is 39.4 Å². The fourth-order valence-electron chi connectivity index (χ4n) is 1.50. The lowest BCUT2D eigenvalue weighted by Gasteiger charge is -2.18. The molecule has 0 aliphatic rings. The summed E-state index contributed by atoms with van der Waals surface area (Å²) in [5.41, 5.74) is 1.84. The van der Waals surface area contributed by atoms with Gasteiger partial charge in [0.1, 0.15) is 12.3 Å². The standard InChI is InChI=1S/C14H11N3/c15-11-12-16-17(13-7-3-1-4-8-13)14-9-5-2-6-10-14/h1-10,12H/b16-12-. The Morgan fingerprint density at radius 1 is 0.882 bits per heavy atom. The van der Waals surface area contributed by atoms with Crippen LogP contribution in [0, 0.1) is 11.3 Å². The van der Waals surface area contributed by atoms with Gasteiger partial charge in [-0.3, -0.25) is 0 Å². The molecule has 3 heteroatoms. The summed E-state index contributed by atoms with van der Waals surface area (Å²) in [7, 11) is 0. The van der Waals surface area contributed by atoms with Gasteiger partial charge in [-0.2, -0.15) is 10.4 Å². The fourth-order valence-corrected chi connectivity index (χ4v) is 1.50. The first kappa shape index (κ1) is 10.9. The van der Waals surface area contributed by atoms with Gasteiger partial charge in [-0.25, -0.2) is 5.01 Å². The first-order valence-corrected chi connectivity index (χ1v) is 5.24. The van der Waals surface area contributed by atoms with Crippen molar-refractivity contribution < 1.29 is 0 Å². The number of nitrogens with zero attached hydrogens (tertiary/aromatic N) is 3. The fraction of sp³-hybridized carbons (Fsp3) is 0. The van der Waals surface area contributed by atoms with Gasteiger partial charge in [-0.1, -0.05) is 36.4 Å². The number of nitriles is 1. The minimum atomic E-state index is 0.921. The molecule has 0 heterocycles. The summed E-state index contributed by atoms with van der Waals surface area (Å²) in [6.07, 6.45) is 1.22. The van der Waals surface area contributed by atoms with Crippen LogP contribution in [0.2, 0.25) is 0 Å². The van der Waals surface area contributed by atoms with Crippen molar-refractivity contribution in [2.45, 2.75) is 0 Å². The maximum absolute atomic E-state index is 8.58. The first-order chi connectivity index (χ1) is 8.42. The Morgan fingerprint density at radius 2 is 1.35 bits per heavy atom. The Hall–Kier alpha value is -2.60. The average Bonchev–Trinajstić information content (AvgIpc) is 2.42. The van der Waals surface area contributed by atoms with Crippen molar-refractivity contribution in [3.8, 4) is 6.07 Å². The number of para-hydroxylation sites is 2. The number of hydrazone groups is 1. The molecule has 0 unspecified atom stereocenters. The van der Waals surface area contributed by atoms with Crippen molar-refractivity contribution in [3.63, 3.8) is 0 Å². The lowest BCUT2D eigenvalue weighted by atomic mass is 10.2. The summed E-state index contributed by atoms with van der Waals surface area (Å²) in [5, 5.41) is 14.4. The summed E-state index contributed by atoms with van der Waals surface area (Å²) in [5.74, 6) is 0. The molecule has 3 nitrogen and oxygen atoms in total. The molecule has 0 spiro atoms. The Morgan fingerprint density at radius 3 is 1.76 bits per heavy atom. The van der Waals surface area contributed by atoms with E-state index in [0.29, 0.717) is 0 Å². The van der Waals surface area contributed by atoms with Crippen LogP contribution in [0.3, 0.4) is 0 Å². The van der Waals surface area contributed by atoms with E-state index in [-0.39, 0.29) is 0 Å². The Bertz CT molecular complexity index is 487. The highest BCUT2D eigenvalue weighted by Gasteiger charge is 2.05. The number of hydrogen-bond donors (Lipinski definition) is 0. The smallest absolute Gasteiger partial charge is 0.125 e. The van der Waals surface area contributed by atoms with Crippen LogP contribution in [-0.2, 0) is 0 Å². The highest BCUT2D eigenvalue weighted by molar-refractivity contribution is 5.78. The van der Waals surface area contributed by atoms with Crippen LogP contribution in [0.4, 0.5) is 11.4 Å². The van der Waals surface area contributed by atoms with Crippen LogP contribution < -0.4 is 5.01 Å². The second-order valence-electron chi connectivity index (χ2n) is 3.36. The second-order valence-corrected chi connectivity index (χ2v) is 3.36. The molecule has 0 saturated carbocycles. The molecule has 0 N–H and O–H groups in total. The molecule has 0 saturated heterocycles. The SMILES string of the molecule is N#C/C=N\N(c1ccccc1)c1ccccc1. The van der Waals surface area contributed by atoms with Crippen molar-refractivity contribution in [1.82, 2.24) is 0 Å². The number of anilines is 2. The lowest BCUT2D eigenvalue weighted by Crippen LogP contribution is -2.08. The van der Waals surface area contributed by atoms with Gasteiger partial charge in [-0.05, 0) is 24.3 Å². The van der Waals surface area contributed by atoms with E-state index in [1.54, 1.807) is 5.01 Å². The molecule has 0 amide bonds. The summed E-state index contributed by atoms with van der Waals surface area (Å²) in [6, 6.07) is 21.3. The Kier molecular flexibility index (Phi) is 3.51. The molecule has 0 fully saturated rings. The minimum absolute atomic E-state index is 0.921. The molecule has 0 radical (unpaired) electrons. The summed E-state index contributed by atoms with van der Waals surface area (Å²) < 4.78 is 0. The molecule has 2 rings (SSSR count). The molecule has 2 aromatic carbocycles. The molecule has 0 bridgehead atoms. The largest absolute Gasteiger partial charge is 0.233 e. The molecule has 17 heavy (non-hydrogen) atoms. The quantitative estimate of drug-likeness (QED) is 0.589. The first-order valence-electron chi connectivity index (χ1n) is 5.24. The Balaban J connectivity index is 2.40. The van der Waals surface area contributed by atoms with Crippen molar-refractivity contribution in [3.05, 3.63) is 60.7 Å². The second kappa shape index (κ2) is 5.47. The highest BCUT2D eigenvalue weighted by Crippen LogP contribution is 2.24. The number of benzene rings is 2. The zero-order valence-corrected chi connectivity index (χ0v) is 9.19. The van der Waals surface area contributed by atoms with E-state index in [0.717, 1.165) is 11.4 Å². The van der Waals surface area contributed by atoms with Crippen LogP contribution in [-0.4, -0.2) is 6.21 Å². The van der Waals surface area contributed by atoms with E-state index in [4.69, 9.17) is 5.26 Å². The van der Waals surface area contributed by atoms with E-state index >= 15 is 0 Å². The van der Waals surface area contributed by atoms with Crippen LogP contribution in [0.15, 0.2) is 65.8 Å². The highest BCUT2D eigenvalue weighted by atomic mass is 15.5. The number of hydrogen-bond acceptors (Lipinski definition) is 3. The third-order valence-electron chi connectivity index (χ3n) is 2.23. The molecule has 0 aromatic heterocycles. The Labute approximate surface area is 100 Å². The van der Waals surface area contributed by atoms with Crippen LogP contribution >= 0.6 is 0 Å². The zero-order valence-electron chi connectivity index (χ0n) is 9.19. The zero-order chi connectivity index (χ0) is 11.9. The molecule has 0 atom stereocenters. The van der Waals surface area contributed by atoms with E-state index < -0.39 is 0 Å². The van der Waals surface area contributed by atoms with Gasteiger partial charge in [0.25, 0.3) is 0 Å². The lowest BCUT2D eigenvalue weighted by molar-refractivity contribution is 1.09. The van der Waals surface area contributed by atoms with E-state index in [1.807, 2.05) is 66.7 Å². The van der Waals surface area contributed by atoms with Crippen LogP contribution in [0.1, 0.15) is 0 Å². The summed E-state index contributed by atoms with van der Waals surface area (Å²) in [6.45, 7) is 0. The monoisotopic (exact) mass is 221 g/mol. The average molecular weight is 221 g/mol. The molecule has 82 valence electrons. The van der Waals surface area contributed by atoms with Gasteiger partial charge in [0.2, 0.25) is 0 Å². The predicted molar refractivity (Wildman–Crippen MR) is 69.1 cm³/mol. The third kappa shape index (κ3) is 2.70. The van der Waals surface area contributed by atoms with Gasteiger partial charge in [0.15, 0.2) is 0 Å². The van der Waals surface area contributed by atoms with Crippen LogP contribution in [0.5, 0.6) is 0 Å². The molecule has 0 aliphatic carbocycles. The van der Waals surface area contributed by atoms with Gasteiger partial charge in [-0.15, -0.1) is 0 Å². The van der Waals surface area contributed by atoms with Gasteiger partial charge < -0.3 is 0 Å². The van der Waals surface area contributed by atoms with Gasteiger partial charge in [0.05, 0.1) is 11.4 Å². The minimum Gasteiger partial charge on any atom is -0.233 e. The predicted octanol–water partition coefficient (Wildman–Crippen LogP) is 3.33. The number of rotatable bonds is 3. The maximum atomic E-state index is 8.58. The van der Waals surface area contributed by atoms with Gasteiger partial charge >= 0.3 is 0 Å². The molecule has 2 aromatic rings. The normalized spacial score (nSPS) is 10.1. The maximum Gasteiger partial charge on any atom is 0.125 e. The van der Waals surface area contributed by atoms with E-state index in [1.165, 1.54) is 6.21 Å². The van der Waals surface area contributed by atoms with Crippen molar-refractivity contribution in [2.75, 3.05) is 5.01 Å². The summed E-state index contributed by atoms with van der Waals surface area (Å²) in [4.78, 5) is 0. The van der Waals surface area contributed by atoms with E-state index in [2.05, 4.69) is 5.10 Å². The van der Waals surface area contributed by atoms with Crippen molar-refractivity contribution in [2.24, 2.45) is 5.10 Å². The van der Waals surface area contributed by atoms with Gasteiger partial charge in [0, 0.05) is 0 Å². The van der Waals surface area contributed by atoms with Crippen LogP contribution in [0.25, 0.3) is 0 Å². The molecular formula is C14H11N3. The summed E-state index contributed by atoms with van der Waals surface area (Å²) >= 11 is 0. The van der Waals surface area contributed by atoms with Crippen molar-refractivity contribution >= 4 is 17.6 Å². The molecular weight excluding hydrogens is 210 g/mol. The van der Waals surface area contributed by atoms with Crippen molar-refractivity contribution in [1.29, 1.82) is 5.26 Å².